The molecule has 0 fully saturated rings. The van der Waals surface area contributed by atoms with Gasteiger partial charge in [-0.05, 0) is 38.0 Å². The fourth-order valence-electron chi connectivity index (χ4n) is 3.49. The van der Waals surface area contributed by atoms with Gasteiger partial charge in [-0.2, -0.15) is 0 Å². The van der Waals surface area contributed by atoms with E-state index in [1.807, 2.05) is 0 Å². The average Bonchev–Trinajstić information content (AvgIpc) is 2.87. The number of rotatable bonds is 4. The van der Waals surface area contributed by atoms with Crippen LogP contribution in [-0.4, -0.2) is 10.5 Å². The molecule has 1 atom stereocenters. The molecule has 1 unspecified atom stereocenters. The number of thioether (sulfide) groups is 1. The molecule has 2 rings (SSSR count). The molecule has 0 N–H and O–H groups in total. The minimum Gasteiger partial charge on any atom is -0.150 e. The topological polar surface area (TPSA) is 0 Å². The third-order valence-electron chi connectivity index (χ3n) is 4.69. The maximum Gasteiger partial charge on any atom is 0.0494 e. The normalized spacial score (nSPS) is 27.1. The van der Waals surface area contributed by atoms with E-state index in [1.54, 1.807) is 0 Å². The number of allylic oxidation sites excluding steroid dienone is 7. The Bertz CT molecular complexity index is 474. The second-order valence-electron chi connectivity index (χ2n) is 6.16. The summed E-state index contributed by atoms with van der Waals surface area (Å²) >= 11 is 2.12. The molecule has 0 amide bonds. The smallest absolute Gasteiger partial charge is 0.0494 e. The van der Waals surface area contributed by atoms with E-state index < -0.39 is 0 Å². The van der Waals surface area contributed by atoms with Crippen LogP contribution in [0.25, 0.3) is 0 Å². The molecular formula is C18H26S. The molecule has 0 bridgehead atoms. The van der Waals surface area contributed by atoms with Gasteiger partial charge in [-0.25, -0.2) is 0 Å². The Hall–Kier alpha value is -0.690. The average molecular weight is 274 g/mol. The van der Waals surface area contributed by atoms with Crippen LogP contribution in [0.15, 0.2) is 47.1 Å². The third-order valence-corrected chi connectivity index (χ3v) is 6.47. The van der Waals surface area contributed by atoms with E-state index in [4.69, 9.17) is 0 Å². The van der Waals surface area contributed by atoms with Gasteiger partial charge in [-0.15, -0.1) is 11.8 Å². The summed E-state index contributed by atoms with van der Waals surface area (Å²) in [6.07, 6.45) is 14.1. The van der Waals surface area contributed by atoms with E-state index in [0.29, 0.717) is 0 Å². The highest BCUT2D eigenvalue weighted by molar-refractivity contribution is 8.00. The molecule has 0 radical (unpaired) electrons. The molecule has 104 valence electrons. The Labute approximate surface area is 122 Å². The lowest BCUT2D eigenvalue weighted by Crippen LogP contribution is -2.44. The lowest BCUT2D eigenvalue weighted by molar-refractivity contribution is 0.349. The Morgan fingerprint density at radius 2 is 2.00 bits per heavy atom. The van der Waals surface area contributed by atoms with Crippen LogP contribution in [0.1, 0.15) is 47.5 Å². The molecule has 2 aliphatic carbocycles. The molecule has 1 heteroatoms. The highest BCUT2D eigenvalue weighted by Crippen LogP contribution is 2.56. The van der Waals surface area contributed by atoms with Crippen LogP contribution >= 0.6 is 11.8 Å². The van der Waals surface area contributed by atoms with Crippen LogP contribution < -0.4 is 0 Å². The lowest BCUT2D eigenvalue weighted by Gasteiger charge is -2.49. The van der Waals surface area contributed by atoms with Gasteiger partial charge in [0.2, 0.25) is 0 Å². The minimum atomic E-state index is 0.179. The molecule has 0 heterocycles. The first-order chi connectivity index (χ1) is 8.94. The zero-order valence-corrected chi connectivity index (χ0v) is 13.7. The highest BCUT2D eigenvalue weighted by atomic mass is 32.2. The monoisotopic (exact) mass is 274 g/mol. The summed E-state index contributed by atoms with van der Waals surface area (Å²) in [5, 5.41) is 0. The first-order valence-corrected chi connectivity index (χ1v) is 8.29. The van der Waals surface area contributed by atoms with Crippen molar-refractivity contribution in [1.29, 1.82) is 0 Å². The first-order valence-electron chi connectivity index (χ1n) is 7.30. The summed E-state index contributed by atoms with van der Waals surface area (Å²) in [6.45, 7) is 11.7. The van der Waals surface area contributed by atoms with Gasteiger partial charge >= 0.3 is 0 Å². The fraction of sp³-hybridized carbons (Fsp3) is 0.556. The van der Waals surface area contributed by atoms with Crippen molar-refractivity contribution < 1.29 is 0 Å². The maximum atomic E-state index is 2.42. The quantitative estimate of drug-likeness (QED) is 0.635. The van der Waals surface area contributed by atoms with Gasteiger partial charge in [0.25, 0.3) is 0 Å². The van der Waals surface area contributed by atoms with E-state index in [-0.39, 0.29) is 10.2 Å². The summed E-state index contributed by atoms with van der Waals surface area (Å²) in [4.78, 5) is 0. The van der Waals surface area contributed by atoms with E-state index in [9.17, 15) is 0 Å². The maximum absolute atomic E-state index is 2.42. The van der Waals surface area contributed by atoms with Gasteiger partial charge < -0.3 is 0 Å². The molecule has 0 aliphatic heterocycles. The van der Waals surface area contributed by atoms with Crippen LogP contribution in [0, 0.1) is 5.41 Å². The largest absolute Gasteiger partial charge is 0.150 e. The van der Waals surface area contributed by atoms with Gasteiger partial charge in [0, 0.05) is 10.2 Å². The molecule has 0 spiro atoms. The van der Waals surface area contributed by atoms with Crippen molar-refractivity contribution in [3.63, 3.8) is 0 Å². The van der Waals surface area contributed by atoms with Gasteiger partial charge in [-0.3, -0.25) is 0 Å². The first kappa shape index (κ1) is 14.7. The molecule has 19 heavy (non-hydrogen) atoms. The summed E-state index contributed by atoms with van der Waals surface area (Å²) in [5.41, 5.74) is 4.63. The Morgan fingerprint density at radius 1 is 1.26 bits per heavy atom. The minimum absolute atomic E-state index is 0.179. The molecule has 0 aromatic carbocycles. The van der Waals surface area contributed by atoms with Crippen LogP contribution in [0.2, 0.25) is 0 Å². The summed E-state index contributed by atoms with van der Waals surface area (Å²) < 4.78 is 0.210. The van der Waals surface area contributed by atoms with E-state index >= 15 is 0 Å². The Balaban J connectivity index is 2.46. The molecule has 0 saturated heterocycles. The van der Waals surface area contributed by atoms with Gasteiger partial charge in [0.15, 0.2) is 0 Å². The van der Waals surface area contributed by atoms with Crippen molar-refractivity contribution in [3.8, 4) is 0 Å². The second-order valence-corrected chi connectivity index (χ2v) is 7.73. The van der Waals surface area contributed by atoms with Gasteiger partial charge in [0.1, 0.15) is 0 Å². The third kappa shape index (κ3) is 2.38. The van der Waals surface area contributed by atoms with E-state index in [1.165, 1.54) is 22.5 Å². The van der Waals surface area contributed by atoms with Crippen LogP contribution in [0.3, 0.4) is 0 Å². The van der Waals surface area contributed by atoms with Crippen molar-refractivity contribution in [1.82, 2.24) is 0 Å². The fourth-order valence-corrected chi connectivity index (χ4v) is 4.94. The van der Waals surface area contributed by atoms with E-state index in [0.717, 1.165) is 12.8 Å². The molecule has 0 aromatic rings. The van der Waals surface area contributed by atoms with Crippen molar-refractivity contribution in [2.45, 2.75) is 52.2 Å². The Kier molecular flexibility index (Phi) is 4.15. The van der Waals surface area contributed by atoms with Crippen LogP contribution in [0.5, 0.6) is 0 Å². The number of hydrogen-bond acceptors (Lipinski definition) is 1. The predicted octanol–water partition coefficient (Wildman–Crippen LogP) is 5.69. The van der Waals surface area contributed by atoms with E-state index in [2.05, 4.69) is 76.8 Å². The van der Waals surface area contributed by atoms with Crippen molar-refractivity contribution in [2.24, 2.45) is 5.41 Å². The molecule has 2 aliphatic rings. The number of hydrogen-bond donors (Lipinski definition) is 0. The molecule has 0 nitrogen and oxygen atoms in total. The standard InChI is InChI=1S/C18H26S/c1-6-19-18(12-11-14(2)13-15(18)3)17(4,5)16-9-7-8-10-16/h7,9-11,13H,6,8,12H2,1-5H3. The molecular weight excluding hydrogens is 248 g/mol. The van der Waals surface area contributed by atoms with Crippen LogP contribution in [-0.2, 0) is 0 Å². The van der Waals surface area contributed by atoms with Crippen molar-refractivity contribution >= 4 is 11.8 Å². The van der Waals surface area contributed by atoms with Gasteiger partial charge in [0.05, 0.1) is 0 Å². The zero-order valence-electron chi connectivity index (χ0n) is 12.9. The molecule has 0 aromatic heterocycles. The predicted molar refractivity (Wildman–Crippen MR) is 88.6 cm³/mol. The summed E-state index contributed by atoms with van der Waals surface area (Å²) in [6, 6.07) is 0. The molecule has 0 saturated carbocycles. The van der Waals surface area contributed by atoms with Crippen molar-refractivity contribution in [3.05, 3.63) is 47.1 Å². The van der Waals surface area contributed by atoms with Gasteiger partial charge in [-0.1, -0.05) is 62.3 Å². The lowest BCUT2D eigenvalue weighted by atomic mass is 9.66. The second kappa shape index (κ2) is 5.36. The summed E-state index contributed by atoms with van der Waals surface area (Å²) in [5.74, 6) is 1.17. The SMILES string of the molecule is CCSC1(C(C)(C)C2=CCC=C2)CC=C(C)C=C1C. The highest BCUT2D eigenvalue weighted by Gasteiger charge is 2.48. The summed E-state index contributed by atoms with van der Waals surface area (Å²) in [7, 11) is 0. The van der Waals surface area contributed by atoms with Crippen LogP contribution in [0.4, 0.5) is 0 Å². The van der Waals surface area contributed by atoms with Crippen molar-refractivity contribution in [2.75, 3.05) is 5.75 Å². The zero-order chi connectivity index (χ0) is 14.1. The Morgan fingerprint density at radius 3 is 2.53 bits per heavy atom.